The lowest BCUT2D eigenvalue weighted by Crippen LogP contribution is -2.63. The third-order valence-electron chi connectivity index (χ3n) is 7.19. The Morgan fingerprint density at radius 2 is 1.33 bits per heavy atom. The van der Waals surface area contributed by atoms with Gasteiger partial charge in [0, 0.05) is 19.1 Å². The van der Waals surface area contributed by atoms with Crippen molar-refractivity contribution in [2.45, 2.75) is 61.7 Å². The number of hydrogen-bond donors (Lipinski definition) is 5. The first kappa shape index (κ1) is 34.9. The summed E-state index contributed by atoms with van der Waals surface area (Å²) in [4.78, 5) is 36.6. The molecule has 2 aliphatic heterocycles. The predicted octanol–water partition coefficient (Wildman–Crippen LogP) is -0.296. The molecule has 2 aromatic rings. The second kappa shape index (κ2) is 16.0. The quantitative estimate of drug-likeness (QED) is 0.114. The predicted molar refractivity (Wildman–Crippen MR) is 157 cm³/mol. The monoisotopic (exact) mass is 644 g/mol. The summed E-state index contributed by atoms with van der Waals surface area (Å²) in [7, 11) is 0. The van der Waals surface area contributed by atoms with Gasteiger partial charge in [-0.3, -0.25) is 4.79 Å². The molecule has 5 N–H and O–H groups in total. The van der Waals surface area contributed by atoms with Crippen LogP contribution < -0.4 is 0 Å². The molecule has 2 aliphatic rings. The number of rotatable bonds is 12. The van der Waals surface area contributed by atoms with Crippen molar-refractivity contribution in [2.75, 3.05) is 19.8 Å². The molecule has 0 amide bonds. The molecule has 9 atom stereocenters. The van der Waals surface area contributed by atoms with Crippen LogP contribution in [0.2, 0.25) is 0 Å². The third-order valence-corrected chi connectivity index (χ3v) is 7.19. The minimum Gasteiger partial charge on any atom is -0.463 e. The lowest BCUT2D eigenvalue weighted by Gasteiger charge is -2.43. The molecule has 46 heavy (non-hydrogen) atoms. The molecule has 4 rings (SSSR count). The SMILES string of the molecule is CC(=O)OC[C@H]1O[C@H](O[C@]2(CO)O[C@H](COC(=O)/C=C/c3ccccc3)[C@@H](O)[C@@H]2OC(=O)/C=C/c2ccccc2)[C@H](O)[C@@H](O)[C@@H]1O. The van der Waals surface area contributed by atoms with Gasteiger partial charge in [-0.2, -0.15) is 0 Å². The Morgan fingerprint density at radius 1 is 0.761 bits per heavy atom. The summed E-state index contributed by atoms with van der Waals surface area (Å²) >= 11 is 0. The molecule has 0 unspecified atom stereocenters. The highest BCUT2D eigenvalue weighted by atomic mass is 16.8. The van der Waals surface area contributed by atoms with Crippen LogP contribution in [0.15, 0.2) is 72.8 Å². The number of carbonyl (C=O) groups excluding carboxylic acids is 3. The van der Waals surface area contributed by atoms with E-state index in [4.69, 9.17) is 28.4 Å². The highest BCUT2D eigenvalue weighted by molar-refractivity contribution is 5.87. The molecule has 2 heterocycles. The minimum absolute atomic E-state index is 0.534. The van der Waals surface area contributed by atoms with E-state index >= 15 is 0 Å². The number of aliphatic hydroxyl groups is 5. The molecule has 2 saturated heterocycles. The van der Waals surface area contributed by atoms with Crippen molar-refractivity contribution >= 4 is 30.1 Å². The Labute approximate surface area is 264 Å². The van der Waals surface area contributed by atoms with Crippen LogP contribution in [-0.4, -0.2) is 118 Å². The third kappa shape index (κ3) is 8.84. The maximum atomic E-state index is 12.9. The zero-order chi connectivity index (χ0) is 33.3. The maximum Gasteiger partial charge on any atom is 0.331 e. The number of carbonyl (C=O) groups is 3. The van der Waals surface area contributed by atoms with Crippen LogP contribution in [0.5, 0.6) is 0 Å². The van der Waals surface area contributed by atoms with Gasteiger partial charge in [-0.05, 0) is 23.3 Å². The van der Waals surface area contributed by atoms with Crippen molar-refractivity contribution in [3.05, 3.63) is 83.9 Å². The fourth-order valence-corrected chi connectivity index (χ4v) is 4.78. The first-order valence-corrected chi connectivity index (χ1v) is 14.3. The second-order valence-electron chi connectivity index (χ2n) is 10.5. The molecule has 14 nitrogen and oxygen atoms in total. The summed E-state index contributed by atoms with van der Waals surface area (Å²) in [6, 6.07) is 17.6. The van der Waals surface area contributed by atoms with Gasteiger partial charge in [0.15, 0.2) is 12.4 Å². The van der Waals surface area contributed by atoms with Crippen LogP contribution in [0.1, 0.15) is 18.1 Å². The van der Waals surface area contributed by atoms with E-state index in [-0.39, 0.29) is 0 Å². The van der Waals surface area contributed by atoms with Crippen molar-refractivity contribution in [1.82, 2.24) is 0 Å². The molecule has 0 saturated carbocycles. The van der Waals surface area contributed by atoms with Crippen LogP contribution in [-0.2, 0) is 42.8 Å². The van der Waals surface area contributed by atoms with Gasteiger partial charge < -0.3 is 54.0 Å². The summed E-state index contributed by atoms with van der Waals surface area (Å²) in [5.41, 5.74) is 1.39. The minimum atomic E-state index is -2.44. The van der Waals surface area contributed by atoms with Gasteiger partial charge in [-0.25, -0.2) is 9.59 Å². The molecule has 14 heteroatoms. The van der Waals surface area contributed by atoms with E-state index in [1.54, 1.807) is 54.6 Å². The van der Waals surface area contributed by atoms with Crippen LogP contribution in [0.4, 0.5) is 0 Å². The topological polar surface area (TPSA) is 208 Å². The Hall–Kier alpha value is -3.99. The van der Waals surface area contributed by atoms with Gasteiger partial charge in [0.05, 0.1) is 0 Å². The van der Waals surface area contributed by atoms with Crippen molar-refractivity contribution in [3.63, 3.8) is 0 Å². The smallest absolute Gasteiger partial charge is 0.331 e. The molecule has 2 aromatic carbocycles. The van der Waals surface area contributed by atoms with E-state index in [1.165, 1.54) is 12.2 Å². The second-order valence-corrected chi connectivity index (χ2v) is 10.5. The zero-order valence-corrected chi connectivity index (χ0v) is 24.7. The van der Waals surface area contributed by atoms with Gasteiger partial charge >= 0.3 is 17.9 Å². The molecule has 248 valence electrons. The van der Waals surface area contributed by atoms with Gasteiger partial charge in [0.25, 0.3) is 0 Å². The van der Waals surface area contributed by atoms with E-state index in [2.05, 4.69) is 0 Å². The van der Waals surface area contributed by atoms with Crippen molar-refractivity contribution in [1.29, 1.82) is 0 Å². The van der Waals surface area contributed by atoms with E-state index < -0.39 is 92.5 Å². The summed E-state index contributed by atoms with van der Waals surface area (Å²) in [6.45, 7) is -1.10. The van der Waals surface area contributed by atoms with Gasteiger partial charge in [0.1, 0.15) is 56.4 Å². The molecule has 0 bridgehead atoms. The molecule has 0 aromatic heterocycles. The van der Waals surface area contributed by atoms with Crippen molar-refractivity contribution in [3.8, 4) is 0 Å². The van der Waals surface area contributed by atoms with Crippen LogP contribution >= 0.6 is 0 Å². The number of aliphatic hydroxyl groups excluding tert-OH is 5. The Bertz CT molecular complexity index is 1370. The number of hydrogen-bond acceptors (Lipinski definition) is 14. The summed E-state index contributed by atoms with van der Waals surface area (Å²) in [6.07, 6.45) is -8.58. The number of ether oxygens (including phenoxy) is 6. The van der Waals surface area contributed by atoms with E-state index in [1.807, 2.05) is 6.07 Å². The van der Waals surface area contributed by atoms with E-state index in [9.17, 15) is 39.9 Å². The first-order valence-electron chi connectivity index (χ1n) is 14.3. The average Bonchev–Trinajstić information content (AvgIpc) is 3.32. The Morgan fingerprint density at radius 3 is 1.89 bits per heavy atom. The molecular weight excluding hydrogens is 608 g/mol. The Kier molecular flexibility index (Phi) is 12.1. The summed E-state index contributed by atoms with van der Waals surface area (Å²) < 4.78 is 32.7. The Balaban J connectivity index is 1.54. The fourth-order valence-electron chi connectivity index (χ4n) is 4.78. The van der Waals surface area contributed by atoms with Crippen LogP contribution in [0, 0.1) is 0 Å². The lowest BCUT2D eigenvalue weighted by molar-refractivity contribution is -0.383. The van der Waals surface area contributed by atoms with Gasteiger partial charge in [-0.15, -0.1) is 0 Å². The van der Waals surface area contributed by atoms with Crippen LogP contribution in [0.3, 0.4) is 0 Å². The van der Waals surface area contributed by atoms with Crippen molar-refractivity contribution in [2.24, 2.45) is 0 Å². The molecule has 0 spiro atoms. The van der Waals surface area contributed by atoms with Crippen LogP contribution in [0.25, 0.3) is 12.2 Å². The molecule has 0 aliphatic carbocycles. The molecule has 0 radical (unpaired) electrons. The fraction of sp³-hybridized carbons (Fsp3) is 0.406. The molecular formula is C32H36O14. The van der Waals surface area contributed by atoms with E-state index in [0.717, 1.165) is 24.6 Å². The largest absolute Gasteiger partial charge is 0.463 e. The summed E-state index contributed by atoms with van der Waals surface area (Å²) in [5, 5.41) is 53.1. The normalized spacial score (nSPS) is 31.2. The number of esters is 3. The highest BCUT2D eigenvalue weighted by Gasteiger charge is 2.61. The average molecular weight is 645 g/mol. The van der Waals surface area contributed by atoms with Gasteiger partial charge in [0.2, 0.25) is 5.79 Å². The van der Waals surface area contributed by atoms with Crippen molar-refractivity contribution < 1.29 is 68.3 Å². The van der Waals surface area contributed by atoms with E-state index in [0.29, 0.717) is 5.56 Å². The number of benzene rings is 2. The molecule has 2 fully saturated rings. The summed E-state index contributed by atoms with van der Waals surface area (Å²) in [5.74, 6) is -4.92. The first-order chi connectivity index (χ1) is 22.0. The lowest BCUT2D eigenvalue weighted by atomic mass is 9.99. The zero-order valence-electron chi connectivity index (χ0n) is 24.7. The standard InChI is InChI=1S/C32H36O14/c1-19(34)41-16-22-26(37)28(39)29(40)31(43-22)46-32(18-33)30(44-25(36)15-13-21-10-6-3-7-11-21)27(38)23(45-32)17-42-24(35)14-12-20-8-4-2-5-9-20/h2-15,22-23,26-31,33,37-40H,16-18H2,1H3/b14-12+,15-13+/t22-,23-,26-,27-,28+,29-,30+,31-,32+/m1/s1. The highest BCUT2D eigenvalue weighted by Crippen LogP contribution is 2.38. The van der Waals surface area contributed by atoms with Gasteiger partial charge in [-0.1, -0.05) is 60.7 Å². The maximum absolute atomic E-state index is 12.9.